The van der Waals surface area contributed by atoms with Crippen LogP contribution in [0.15, 0.2) is 0 Å². The van der Waals surface area contributed by atoms with E-state index in [-0.39, 0.29) is 18.4 Å². The Morgan fingerprint density at radius 1 is 1.33 bits per heavy atom. The third-order valence-corrected chi connectivity index (χ3v) is 5.34. The predicted octanol–water partition coefficient (Wildman–Crippen LogP) is 2.74. The van der Waals surface area contributed by atoms with E-state index in [2.05, 4.69) is 12.2 Å². The number of nitrogens with one attached hydrogen (secondary N) is 1. The number of carbonyl (C=O) groups excluding carboxylic acids is 3. The van der Waals surface area contributed by atoms with Crippen molar-refractivity contribution in [3.05, 3.63) is 16.0 Å². The van der Waals surface area contributed by atoms with Crippen LogP contribution in [0.25, 0.3) is 0 Å². The minimum atomic E-state index is -0.570. The molecule has 0 saturated carbocycles. The van der Waals surface area contributed by atoms with Gasteiger partial charge in [0.1, 0.15) is 5.00 Å². The standard InChI is InChI=1S/C17H24N2O4S/c1-10-6-5-7-19(8-10)14(21)9-23-17(22)15-11(2)12(3)24-16(15)18-13(4)20/h10H,5-9H2,1-4H3,(H,18,20)/t10-/m1/s1. The van der Waals surface area contributed by atoms with Gasteiger partial charge in [-0.1, -0.05) is 6.92 Å². The zero-order valence-corrected chi connectivity index (χ0v) is 15.4. The number of aryl methyl sites for hydroxylation is 1. The Morgan fingerprint density at radius 3 is 2.67 bits per heavy atom. The molecule has 1 N–H and O–H groups in total. The van der Waals surface area contributed by atoms with Gasteiger partial charge in [0.2, 0.25) is 5.91 Å². The van der Waals surface area contributed by atoms with Crippen molar-refractivity contribution < 1.29 is 19.1 Å². The highest BCUT2D eigenvalue weighted by atomic mass is 32.1. The highest BCUT2D eigenvalue weighted by Crippen LogP contribution is 2.33. The molecule has 0 unspecified atom stereocenters. The number of hydrogen-bond donors (Lipinski definition) is 1. The highest BCUT2D eigenvalue weighted by Gasteiger charge is 2.25. The second-order valence-electron chi connectivity index (χ2n) is 6.33. The number of thiophene rings is 1. The minimum Gasteiger partial charge on any atom is -0.452 e. The fourth-order valence-corrected chi connectivity index (χ4v) is 3.92. The fourth-order valence-electron chi connectivity index (χ4n) is 2.83. The number of piperidine rings is 1. The number of likely N-dealkylation sites (tertiary alicyclic amines) is 1. The van der Waals surface area contributed by atoms with Crippen LogP contribution in [0.3, 0.4) is 0 Å². The maximum atomic E-state index is 12.4. The summed E-state index contributed by atoms with van der Waals surface area (Å²) in [6, 6.07) is 0. The van der Waals surface area contributed by atoms with Gasteiger partial charge in [0, 0.05) is 24.9 Å². The van der Waals surface area contributed by atoms with Gasteiger partial charge >= 0.3 is 5.97 Å². The first-order valence-electron chi connectivity index (χ1n) is 8.12. The minimum absolute atomic E-state index is 0.166. The lowest BCUT2D eigenvalue weighted by Crippen LogP contribution is -2.41. The molecule has 2 amide bonds. The molecular weight excluding hydrogens is 328 g/mol. The maximum absolute atomic E-state index is 12.4. The van der Waals surface area contributed by atoms with Crippen molar-refractivity contribution in [2.24, 2.45) is 5.92 Å². The summed E-state index contributed by atoms with van der Waals surface area (Å²) >= 11 is 1.33. The van der Waals surface area contributed by atoms with Gasteiger partial charge in [0.25, 0.3) is 5.91 Å². The van der Waals surface area contributed by atoms with Crippen molar-refractivity contribution in [3.8, 4) is 0 Å². The zero-order valence-electron chi connectivity index (χ0n) is 14.6. The molecule has 1 saturated heterocycles. The first kappa shape index (κ1) is 18.4. The van der Waals surface area contributed by atoms with Gasteiger partial charge in [-0.25, -0.2) is 4.79 Å². The number of carbonyl (C=O) groups is 3. The SMILES string of the molecule is CC(=O)Nc1sc(C)c(C)c1C(=O)OCC(=O)N1CCC[C@@H](C)C1. The van der Waals surface area contributed by atoms with E-state index in [9.17, 15) is 14.4 Å². The van der Waals surface area contributed by atoms with Crippen LogP contribution in [0, 0.1) is 19.8 Å². The van der Waals surface area contributed by atoms with E-state index in [4.69, 9.17) is 4.74 Å². The van der Waals surface area contributed by atoms with Crippen molar-refractivity contribution in [1.29, 1.82) is 0 Å². The number of ether oxygens (including phenoxy) is 1. The van der Waals surface area contributed by atoms with Crippen LogP contribution in [-0.4, -0.2) is 42.4 Å². The fraction of sp³-hybridized carbons (Fsp3) is 0.588. The molecule has 0 aliphatic carbocycles. The second-order valence-corrected chi connectivity index (χ2v) is 7.56. The molecule has 2 rings (SSSR count). The Hall–Kier alpha value is -1.89. The van der Waals surface area contributed by atoms with Crippen LogP contribution in [-0.2, 0) is 14.3 Å². The normalized spacial score (nSPS) is 17.5. The first-order valence-corrected chi connectivity index (χ1v) is 8.93. The number of rotatable bonds is 4. The molecule has 1 aliphatic rings. The van der Waals surface area contributed by atoms with Crippen LogP contribution in [0.5, 0.6) is 0 Å². The monoisotopic (exact) mass is 352 g/mol. The molecule has 1 aliphatic heterocycles. The summed E-state index contributed by atoms with van der Waals surface area (Å²) in [6.45, 7) is 8.35. The number of hydrogen-bond acceptors (Lipinski definition) is 5. The van der Waals surface area contributed by atoms with E-state index in [0.29, 0.717) is 29.6 Å². The molecule has 7 heteroatoms. The molecule has 24 heavy (non-hydrogen) atoms. The van der Waals surface area contributed by atoms with Crippen LogP contribution in [0.2, 0.25) is 0 Å². The second kappa shape index (κ2) is 7.79. The number of amides is 2. The van der Waals surface area contributed by atoms with Gasteiger partial charge in [0.05, 0.1) is 5.56 Å². The molecular formula is C17H24N2O4S. The van der Waals surface area contributed by atoms with Crippen LogP contribution in [0.1, 0.15) is 47.5 Å². The maximum Gasteiger partial charge on any atom is 0.341 e. The summed E-state index contributed by atoms with van der Waals surface area (Å²) < 4.78 is 5.22. The third kappa shape index (κ3) is 4.35. The molecule has 0 aromatic carbocycles. The molecule has 6 nitrogen and oxygen atoms in total. The van der Waals surface area contributed by atoms with Gasteiger partial charge in [-0.15, -0.1) is 11.3 Å². The van der Waals surface area contributed by atoms with Crippen molar-refractivity contribution >= 4 is 34.1 Å². The summed E-state index contributed by atoms with van der Waals surface area (Å²) in [4.78, 5) is 38.6. The lowest BCUT2D eigenvalue weighted by molar-refractivity contribution is -0.136. The molecule has 1 fully saturated rings. The smallest absolute Gasteiger partial charge is 0.341 e. The molecule has 1 aromatic rings. The van der Waals surface area contributed by atoms with Crippen molar-refractivity contribution in [2.75, 3.05) is 25.0 Å². The van der Waals surface area contributed by atoms with E-state index in [1.165, 1.54) is 18.3 Å². The van der Waals surface area contributed by atoms with Crippen LogP contribution >= 0.6 is 11.3 Å². The van der Waals surface area contributed by atoms with Gasteiger partial charge in [0.15, 0.2) is 6.61 Å². The Balaban J connectivity index is 2.02. The average molecular weight is 352 g/mol. The Morgan fingerprint density at radius 2 is 2.04 bits per heavy atom. The lowest BCUT2D eigenvalue weighted by atomic mass is 10.0. The molecule has 0 bridgehead atoms. The van der Waals surface area contributed by atoms with Crippen LogP contribution in [0.4, 0.5) is 5.00 Å². The van der Waals surface area contributed by atoms with Crippen molar-refractivity contribution in [1.82, 2.24) is 4.90 Å². The van der Waals surface area contributed by atoms with Gasteiger partial charge in [-0.2, -0.15) is 0 Å². The van der Waals surface area contributed by atoms with Gasteiger partial charge in [-0.05, 0) is 38.2 Å². The Bertz CT molecular complexity index is 653. The van der Waals surface area contributed by atoms with E-state index in [1.807, 2.05) is 13.8 Å². The average Bonchev–Trinajstić information content (AvgIpc) is 2.78. The number of anilines is 1. The van der Waals surface area contributed by atoms with Crippen molar-refractivity contribution in [3.63, 3.8) is 0 Å². The zero-order chi connectivity index (χ0) is 17.9. The Labute approximate surface area is 146 Å². The van der Waals surface area contributed by atoms with Gasteiger partial charge in [-0.3, -0.25) is 9.59 Å². The molecule has 0 spiro atoms. The summed E-state index contributed by atoms with van der Waals surface area (Å²) in [6.07, 6.45) is 2.10. The van der Waals surface area contributed by atoms with Gasteiger partial charge < -0.3 is 15.0 Å². The summed E-state index contributed by atoms with van der Waals surface area (Å²) in [7, 11) is 0. The lowest BCUT2D eigenvalue weighted by Gasteiger charge is -2.30. The topological polar surface area (TPSA) is 75.7 Å². The summed E-state index contributed by atoms with van der Waals surface area (Å²) in [5.74, 6) is -0.505. The molecule has 2 heterocycles. The Kier molecular flexibility index (Phi) is 5.99. The molecule has 1 aromatic heterocycles. The molecule has 1 atom stereocenters. The first-order chi connectivity index (χ1) is 11.3. The predicted molar refractivity (Wildman–Crippen MR) is 93.4 cm³/mol. The molecule has 0 radical (unpaired) electrons. The van der Waals surface area contributed by atoms with E-state index < -0.39 is 5.97 Å². The summed E-state index contributed by atoms with van der Waals surface area (Å²) in [5.41, 5.74) is 1.11. The summed E-state index contributed by atoms with van der Waals surface area (Å²) in [5, 5.41) is 3.13. The largest absolute Gasteiger partial charge is 0.452 e. The van der Waals surface area contributed by atoms with Crippen LogP contribution < -0.4 is 5.32 Å². The highest BCUT2D eigenvalue weighted by molar-refractivity contribution is 7.16. The molecule has 132 valence electrons. The van der Waals surface area contributed by atoms with Crippen molar-refractivity contribution in [2.45, 2.75) is 40.5 Å². The number of nitrogens with zero attached hydrogens (tertiary/aromatic N) is 1. The van der Waals surface area contributed by atoms with E-state index >= 15 is 0 Å². The number of esters is 1. The van der Waals surface area contributed by atoms with E-state index in [0.717, 1.165) is 23.3 Å². The van der Waals surface area contributed by atoms with E-state index in [1.54, 1.807) is 4.90 Å². The third-order valence-electron chi connectivity index (χ3n) is 4.22. The quantitative estimate of drug-likeness (QED) is 0.846.